The van der Waals surface area contributed by atoms with Crippen LogP contribution >= 0.6 is 0 Å². The first kappa shape index (κ1) is 20.4. The first-order valence-corrected chi connectivity index (χ1v) is 9.70. The largest absolute Gasteiger partial charge is 0.495 e. The molecule has 0 saturated heterocycles. The highest BCUT2D eigenvalue weighted by molar-refractivity contribution is 7.89. The molecule has 0 saturated carbocycles. The van der Waals surface area contributed by atoms with Gasteiger partial charge in [0.1, 0.15) is 16.7 Å². The van der Waals surface area contributed by atoms with Gasteiger partial charge < -0.3 is 9.64 Å². The van der Waals surface area contributed by atoms with Crippen molar-refractivity contribution < 1.29 is 17.9 Å². The van der Waals surface area contributed by atoms with Crippen LogP contribution < -0.4 is 14.4 Å². The SMILES string of the molecule is COc1ccc(C)cc1S(=O)(=O)NCCN(C(C)=O)c1ccccc1C#N. The Morgan fingerprint density at radius 2 is 1.96 bits per heavy atom. The van der Waals surface area contributed by atoms with Gasteiger partial charge in [-0.3, -0.25) is 4.79 Å². The predicted molar refractivity (Wildman–Crippen MR) is 102 cm³/mol. The zero-order valence-corrected chi connectivity index (χ0v) is 16.2. The van der Waals surface area contributed by atoms with Gasteiger partial charge in [-0.05, 0) is 36.8 Å². The van der Waals surface area contributed by atoms with Crippen molar-refractivity contribution in [3.63, 3.8) is 0 Å². The van der Waals surface area contributed by atoms with Gasteiger partial charge in [0.15, 0.2) is 0 Å². The van der Waals surface area contributed by atoms with Crippen molar-refractivity contribution in [2.24, 2.45) is 0 Å². The fourth-order valence-electron chi connectivity index (χ4n) is 2.61. The molecule has 1 N–H and O–H groups in total. The van der Waals surface area contributed by atoms with E-state index in [9.17, 15) is 18.5 Å². The number of nitrogens with one attached hydrogen (secondary N) is 1. The zero-order valence-electron chi connectivity index (χ0n) is 15.4. The molecule has 1 amide bonds. The molecule has 0 bridgehead atoms. The van der Waals surface area contributed by atoms with Crippen LogP contribution in [-0.2, 0) is 14.8 Å². The number of nitrogens with zero attached hydrogens (tertiary/aromatic N) is 2. The molecular formula is C19H21N3O4S. The number of aryl methyl sites for hydroxylation is 1. The van der Waals surface area contributed by atoms with Gasteiger partial charge in [0.2, 0.25) is 15.9 Å². The molecule has 0 radical (unpaired) electrons. The molecule has 0 atom stereocenters. The number of carbonyl (C=O) groups excluding carboxylic acids is 1. The third-order valence-electron chi connectivity index (χ3n) is 3.93. The molecular weight excluding hydrogens is 366 g/mol. The number of para-hydroxylation sites is 1. The summed E-state index contributed by atoms with van der Waals surface area (Å²) in [7, 11) is -2.42. The molecule has 2 aromatic carbocycles. The maximum absolute atomic E-state index is 12.6. The van der Waals surface area contributed by atoms with Gasteiger partial charge in [-0.1, -0.05) is 18.2 Å². The Morgan fingerprint density at radius 1 is 1.26 bits per heavy atom. The molecule has 27 heavy (non-hydrogen) atoms. The topological polar surface area (TPSA) is 99.5 Å². The van der Waals surface area contributed by atoms with Crippen molar-refractivity contribution in [3.8, 4) is 11.8 Å². The molecule has 0 aliphatic rings. The summed E-state index contributed by atoms with van der Waals surface area (Å²) in [4.78, 5) is 13.4. The first-order valence-electron chi connectivity index (χ1n) is 8.21. The lowest BCUT2D eigenvalue weighted by Crippen LogP contribution is -2.38. The van der Waals surface area contributed by atoms with Crippen LogP contribution in [0.3, 0.4) is 0 Å². The van der Waals surface area contributed by atoms with E-state index in [1.807, 2.05) is 6.07 Å². The van der Waals surface area contributed by atoms with Gasteiger partial charge in [0, 0.05) is 20.0 Å². The molecule has 142 valence electrons. The Kier molecular flexibility index (Phi) is 6.55. The molecule has 2 rings (SSSR count). The number of nitriles is 1. The van der Waals surface area contributed by atoms with Crippen molar-refractivity contribution in [1.82, 2.24) is 4.72 Å². The lowest BCUT2D eigenvalue weighted by molar-refractivity contribution is -0.116. The zero-order chi connectivity index (χ0) is 20.0. The minimum Gasteiger partial charge on any atom is -0.495 e. The minimum atomic E-state index is -3.82. The van der Waals surface area contributed by atoms with Crippen LogP contribution in [0.2, 0.25) is 0 Å². The second-order valence-electron chi connectivity index (χ2n) is 5.85. The van der Waals surface area contributed by atoms with E-state index in [0.717, 1.165) is 5.56 Å². The standard InChI is InChI=1S/C19H21N3O4S/c1-14-8-9-18(26-3)19(12-14)27(24,25)21-10-11-22(15(2)23)17-7-5-4-6-16(17)13-20/h4-9,12,21H,10-11H2,1-3H3. The second-order valence-corrected chi connectivity index (χ2v) is 7.59. The van der Waals surface area contributed by atoms with Gasteiger partial charge >= 0.3 is 0 Å². The molecule has 0 aromatic heterocycles. The molecule has 7 nitrogen and oxygen atoms in total. The summed E-state index contributed by atoms with van der Waals surface area (Å²) >= 11 is 0. The van der Waals surface area contributed by atoms with E-state index in [2.05, 4.69) is 4.72 Å². The van der Waals surface area contributed by atoms with Crippen molar-refractivity contribution >= 4 is 21.6 Å². The molecule has 0 heterocycles. The number of carbonyl (C=O) groups is 1. The predicted octanol–water partition coefficient (Wildman–Crippen LogP) is 2.21. The summed E-state index contributed by atoms with van der Waals surface area (Å²) in [5, 5.41) is 9.22. The summed E-state index contributed by atoms with van der Waals surface area (Å²) in [5.41, 5.74) is 1.57. The van der Waals surface area contributed by atoms with Crippen LogP contribution in [0.4, 0.5) is 5.69 Å². The molecule has 0 aliphatic heterocycles. The Balaban J connectivity index is 2.19. The van der Waals surface area contributed by atoms with Gasteiger partial charge in [0.05, 0.1) is 18.4 Å². The minimum absolute atomic E-state index is 0.0151. The number of rotatable bonds is 7. The van der Waals surface area contributed by atoms with Crippen molar-refractivity contribution in [1.29, 1.82) is 5.26 Å². The summed E-state index contributed by atoms with van der Waals surface area (Å²) in [6.07, 6.45) is 0. The number of hydrogen-bond donors (Lipinski definition) is 1. The molecule has 0 fully saturated rings. The average Bonchev–Trinajstić information content (AvgIpc) is 2.65. The van der Waals surface area contributed by atoms with E-state index in [0.29, 0.717) is 11.3 Å². The van der Waals surface area contributed by atoms with E-state index in [-0.39, 0.29) is 29.6 Å². The summed E-state index contributed by atoms with van der Waals surface area (Å²) in [6, 6.07) is 13.6. The highest BCUT2D eigenvalue weighted by Gasteiger charge is 2.21. The summed E-state index contributed by atoms with van der Waals surface area (Å²) in [5.74, 6) is -0.0450. The number of methoxy groups -OCH3 is 1. The fraction of sp³-hybridized carbons (Fsp3) is 0.263. The Hall–Kier alpha value is -2.89. The number of hydrogen-bond acceptors (Lipinski definition) is 5. The van der Waals surface area contributed by atoms with Gasteiger partial charge in [-0.15, -0.1) is 0 Å². The average molecular weight is 387 g/mol. The normalized spacial score (nSPS) is 10.9. The third-order valence-corrected chi connectivity index (χ3v) is 5.41. The number of anilines is 1. The Labute approximate surface area is 159 Å². The monoisotopic (exact) mass is 387 g/mol. The summed E-state index contributed by atoms with van der Waals surface area (Å²) in [6.45, 7) is 3.22. The molecule has 2 aromatic rings. The smallest absolute Gasteiger partial charge is 0.244 e. The van der Waals surface area contributed by atoms with Crippen LogP contribution in [-0.4, -0.2) is 34.5 Å². The van der Waals surface area contributed by atoms with E-state index in [1.54, 1.807) is 43.3 Å². The molecule has 0 spiro atoms. The summed E-state index contributed by atoms with van der Waals surface area (Å²) < 4.78 is 32.9. The van der Waals surface area contributed by atoms with E-state index < -0.39 is 10.0 Å². The highest BCUT2D eigenvalue weighted by Crippen LogP contribution is 2.24. The van der Waals surface area contributed by atoms with Crippen LogP contribution in [0.5, 0.6) is 5.75 Å². The van der Waals surface area contributed by atoms with Gasteiger partial charge in [-0.2, -0.15) is 5.26 Å². The maximum atomic E-state index is 12.6. The second kappa shape index (κ2) is 8.66. The van der Waals surface area contributed by atoms with Crippen LogP contribution in [0.15, 0.2) is 47.4 Å². The Morgan fingerprint density at radius 3 is 2.59 bits per heavy atom. The van der Waals surface area contributed by atoms with E-state index in [4.69, 9.17) is 4.74 Å². The van der Waals surface area contributed by atoms with Crippen molar-refractivity contribution in [3.05, 3.63) is 53.6 Å². The quantitative estimate of drug-likeness (QED) is 0.785. The fourth-order valence-corrected chi connectivity index (χ4v) is 3.89. The Bertz CT molecular complexity index is 981. The lowest BCUT2D eigenvalue weighted by Gasteiger charge is -2.22. The third kappa shape index (κ3) is 4.84. The molecule has 0 unspecified atom stereocenters. The van der Waals surface area contributed by atoms with Crippen molar-refractivity contribution in [2.75, 3.05) is 25.1 Å². The van der Waals surface area contributed by atoms with Gasteiger partial charge in [0.25, 0.3) is 0 Å². The number of benzene rings is 2. The highest BCUT2D eigenvalue weighted by atomic mass is 32.2. The molecule has 0 aliphatic carbocycles. The number of ether oxygens (including phenoxy) is 1. The van der Waals surface area contributed by atoms with Gasteiger partial charge in [-0.25, -0.2) is 13.1 Å². The lowest BCUT2D eigenvalue weighted by atomic mass is 10.1. The van der Waals surface area contributed by atoms with Crippen LogP contribution in [0, 0.1) is 18.3 Å². The van der Waals surface area contributed by atoms with Crippen LogP contribution in [0.1, 0.15) is 18.1 Å². The molecule has 8 heteroatoms. The van der Waals surface area contributed by atoms with E-state index >= 15 is 0 Å². The maximum Gasteiger partial charge on any atom is 0.244 e. The number of amides is 1. The van der Waals surface area contributed by atoms with Crippen molar-refractivity contribution in [2.45, 2.75) is 18.7 Å². The van der Waals surface area contributed by atoms with E-state index in [1.165, 1.54) is 25.0 Å². The number of sulfonamides is 1. The van der Waals surface area contributed by atoms with Crippen LogP contribution in [0.25, 0.3) is 0 Å². The first-order chi connectivity index (χ1) is 12.8.